The summed E-state index contributed by atoms with van der Waals surface area (Å²) < 4.78 is 37.6. The maximum Gasteiger partial charge on any atom is 0.416 e. The molecule has 1 aromatic rings. The Balaban J connectivity index is 2.68. The van der Waals surface area contributed by atoms with Gasteiger partial charge in [0, 0.05) is 6.04 Å². The predicted molar refractivity (Wildman–Crippen MR) is 67.2 cm³/mol. The average molecular weight is 259 g/mol. The molecule has 0 radical (unpaired) electrons. The van der Waals surface area contributed by atoms with Crippen molar-refractivity contribution >= 4 is 0 Å². The van der Waals surface area contributed by atoms with Gasteiger partial charge in [0.05, 0.1) is 5.56 Å². The summed E-state index contributed by atoms with van der Waals surface area (Å²) in [6.45, 7) is 4.19. The Labute approximate surface area is 106 Å². The molecule has 0 aliphatic carbocycles. The molecule has 1 aromatic carbocycles. The normalized spacial score (nSPS) is 15.4. The van der Waals surface area contributed by atoms with Crippen molar-refractivity contribution in [1.29, 1.82) is 0 Å². The molecule has 102 valence electrons. The largest absolute Gasteiger partial charge is 0.416 e. The molecule has 2 unspecified atom stereocenters. The summed E-state index contributed by atoms with van der Waals surface area (Å²) in [6.07, 6.45) is -1.91. The van der Waals surface area contributed by atoms with Crippen LogP contribution in [0.5, 0.6) is 0 Å². The second-order valence-corrected chi connectivity index (χ2v) is 4.91. The van der Waals surface area contributed by atoms with Crippen molar-refractivity contribution in [3.8, 4) is 0 Å². The number of hydrogen-bond donors (Lipinski definition) is 1. The fourth-order valence-corrected chi connectivity index (χ4v) is 1.94. The zero-order valence-corrected chi connectivity index (χ0v) is 10.8. The van der Waals surface area contributed by atoms with Gasteiger partial charge in [-0.1, -0.05) is 38.5 Å². The minimum absolute atomic E-state index is 0.0802. The number of rotatable bonds is 5. The molecule has 1 nitrogen and oxygen atoms in total. The fraction of sp³-hybridized carbons (Fsp3) is 0.571. The standard InChI is InChI=1S/C14H20F3N/c1-3-10(2)7-13(18)9-11-5-4-6-12(8-11)14(15,16)17/h4-6,8,10,13H,3,7,9,18H2,1-2H3. The molecule has 2 N–H and O–H groups in total. The Bertz CT molecular complexity index is 374. The lowest BCUT2D eigenvalue weighted by Crippen LogP contribution is -2.25. The summed E-state index contributed by atoms with van der Waals surface area (Å²) >= 11 is 0. The number of hydrogen-bond acceptors (Lipinski definition) is 1. The van der Waals surface area contributed by atoms with Crippen LogP contribution in [-0.4, -0.2) is 6.04 Å². The van der Waals surface area contributed by atoms with Gasteiger partial charge >= 0.3 is 6.18 Å². The van der Waals surface area contributed by atoms with Crippen molar-refractivity contribution in [2.45, 2.75) is 45.3 Å². The monoisotopic (exact) mass is 259 g/mol. The van der Waals surface area contributed by atoms with Gasteiger partial charge in [0.25, 0.3) is 0 Å². The number of nitrogens with two attached hydrogens (primary N) is 1. The van der Waals surface area contributed by atoms with Crippen LogP contribution in [0.4, 0.5) is 13.2 Å². The van der Waals surface area contributed by atoms with Crippen molar-refractivity contribution in [1.82, 2.24) is 0 Å². The van der Waals surface area contributed by atoms with Gasteiger partial charge in [0.1, 0.15) is 0 Å². The smallest absolute Gasteiger partial charge is 0.327 e. The van der Waals surface area contributed by atoms with Crippen molar-refractivity contribution < 1.29 is 13.2 Å². The first-order valence-corrected chi connectivity index (χ1v) is 6.24. The third-order valence-corrected chi connectivity index (χ3v) is 3.15. The fourth-order valence-electron chi connectivity index (χ4n) is 1.94. The zero-order valence-electron chi connectivity index (χ0n) is 10.8. The Morgan fingerprint density at radius 3 is 2.50 bits per heavy atom. The number of alkyl halides is 3. The lowest BCUT2D eigenvalue weighted by Gasteiger charge is -2.16. The van der Waals surface area contributed by atoms with Gasteiger partial charge in [-0.05, 0) is 30.4 Å². The molecule has 0 amide bonds. The molecule has 0 bridgehead atoms. The van der Waals surface area contributed by atoms with Crippen LogP contribution in [0, 0.1) is 5.92 Å². The highest BCUT2D eigenvalue weighted by molar-refractivity contribution is 5.26. The van der Waals surface area contributed by atoms with E-state index in [2.05, 4.69) is 13.8 Å². The van der Waals surface area contributed by atoms with Gasteiger partial charge in [-0.15, -0.1) is 0 Å². The van der Waals surface area contributed by atoms with Crippen molar-refractivity contribution in [2.75, 3.05) is 0 Å². The summed E-state index contributed by atoms with van der Waals surface area (Å²) in [5, 5.41) is 0. The molecule has 2 atom stereocenters. The molecule has 0 saturated carbocycles. The van der Waals surface area contributed by atoms with Gasteiger partial charge < -0.3 is 5.73 Å². The van der Waals surface area contributed by atoms with Gasteiger partial charge in [-0.2, -0.15) is 13.2 Å². The first-order valence-electron chi connectivity index (χ1n) is 6.24. The maximum atomic E-state index is 12.5. The highest BCUT2D eigenvalue weighted by Gasteiger charge is 2.30. The van der Waals surface area contributed by atoms with Gasteiger partial charge in [0.2, 0.25) is 0 Å². The molecule has 4 heteroatoms. The van der Waals surface area contributed by atoms with Crippen LogP contribution in [0.1, 0.15) is 37.8 Å². The molecule has 0 fully saturated rings. The Hall–Kier alpha value is -1.03. The van der Waals surface area contributed by atoms with Crippen LogP contribution in [0.2, 0.25) is 0 Å². The molecule has 0 spiro atoms. The van der Waals surface area contributed by atoms with E-state index in [0.717, 1.165) is 18.9 Å². The average Bonchev–Trinajstić information content (AvgIpc) is 2.27. The van der Waals surface area contributed by atoms with E-state index < -0.39 is 11.7 Å². The summed E-state index contributed by atoms with van der Waals surface area (Å²) in [4.78, 5) is 0. The van der Waals surface area contributed by atoms with Crippen molar-refractivity contribution in [2.24, 2.45) is 11.7 Å². The molecule has 18 heavy (non-hydrogen) atoms. The van der Waals surface area contributed by atoms with Crippen molar-refractivity contribution in [3.63, 3.8) is 0 Å². The van der Waals surface area contributed by atoms with Crippen LogP contribution in [0.25, 0.3) is 0 Å². The Morgan fingerprint density at radius 2 is 1.94 bits per heavy atom. The molecule has 0 heterocycles. The van der Waals surface area contributed by atoms with Crippen molar-refractivity contribution in [3.05, 3.63) is 35.4 Å². The third kappa shape index (κ3) is 4.69. The predicted octanol–water partition coefficient (Wildman–Crippen LogP) is 4.01. The van der Waals surface area contributed by atoms with E-state index in [4.69, 9.17) is 5.73 Å². The van der Waals surface area contributed by atoms with Crippen LogP contribution >= 0.6 is 0 Å². The molecule has 1 rings (SSSR count). The number of halogens is 3. The molecular weight excluding hydrogens is 239 g/mol. The lowest BCUT2D eigenvalue weighted by atomic mass is 9.95. The highest BCUT2D eigenvalue weighted by atomic mass is 19.4. The van der Waals surface area contributed by atoms with E-state index in [9.17, 15) is 13.2 Å². The maximum absolute atomic E-state index is 12.5. The van der Waals surface area contributed by atoms with Gasteiger partial charge in [-0.25, -0.2) is 0 Å². The van der Waals surface area contributed by atoms with E-state index in [0.29, 0.717) is 17.9 Å². The van der Waals surface area contributed by atoms with E-state index in [1.807, 2.05) is 0 Å². The zero-order chi connectivity index (χ0) is 13.8. The molecule has 0 aliphatic heterocycles. The quantitative estimate of drug-likeness (QED) is 0.849. The second-order valence-electron chi connectivity index (χ2n) is 4.91. The van der Waals surface area contributed by atoms with E-state index in [1.165, 1.54) is 12.1 Å². The highest BCUT2D eigenvalue weighted by Crippen LogP contribution is 2.29. The molecule has 0 saturated heterocycles. The third-order valence-electron chi connectivity index (χ3n) is 3.15. The lowest BCUT2D eigenvalue weighted by molar-refractivity contribution is -0.137. The first-order chi connectivity index (χ1) is 8.32. The molecule has 0 aromatic heterocycles. The summed E-state index contributed by atoms with van der Waals surface area (Å²) in [7, 11) is 0. The summed E-state index contributed by atoms with van der Waals surface area (Å²) in [5.41, 5.74) is 6.01. The Kier molecular flexibility index (Phi) is 5.20. The van der Waals surface area contributed by atoms with Gasteiger partial charge in [0.15, 0.2) is 0 Å². The molecular formula is C14H20F3N. The minimum Gasteiger partial charge on any atom is -0.327 e. The summed E-state index contributed by atoms with van der Waals surface area (Å²) in [5.74, 6) is 0.505. The van der Waals surface area contributed by atoms with Crippen LogP contribution in [0.15, 0.2) is 24.3 Å². The van der Waals surface area contributed by atoms with Crippen LogP contribution in [0.3, 0.4) is 0 Å². The van der Waals surface area contributed by atoms with Crippen LogP contribution < -0.4 is 5.73 Å². The first kappa shape index (κ1) is 15.0. The second kappa shape index (κ2) is 6.23. The van der Waals surface area contributed by atoms with Gasteiger partial charge in [-0.3, -0.25) is 0 Å². The van der Waals surface area contributed by atoms with E-state index in [1.54, 1.807) is 6.07 Å². The minimum atomic E-state index is -4.28. The van der Waals surface area contributed by atoms with E-state index >= 15 is 0 Å². The Morgan fingerprint density at radius 1 is 1.28 bits per heavy atom. The molecule has 0 aliphatic rings. The summed E-state index contributed by atoms with van der Waals surface area (Å²) in [6, 6.07) is 5.34. The van der Waals surface area contributed by atoms with E-state index in [-0.39, 0.29) is 6.04 Å². The topological polar surface area (TPSA) is 26.0 Å². The number of benzene rings is 1. The SMILES string of the molecule is CCC(C)CC(N)Cc1cccc(C(F)(F)F)c1. The van der Waals surface area contributed by atoms with Crippen LogP contribution in [-0.2, 0) is 12.6 Å².